The van der Waals surface area contributed by atoms with E-state index in [-0.39, 0.29) is 0 Å². The predicted octanol–water partition coefficient (Wildman–Crippen LogP) is 6.33. The van der Waals surface area contributed by atoms with Crippen LogP contribution < -0.4 is 9.62 Å². The number of aromatic carboxylic acids is 1. The van der Waals surface area contributed by atoms with Gasteiger partial charge in [-0.25, -0.2) is 4.79 Å². The fourth-order valence-corrected chi connectivity index (χ4v) is 5.12. The molecule has 32 heavy (non-hydrogen) atoms. The molecule has 1 saturated heterocycles. The van der Waals surface area contributed by atoms with Gasteiger partial charge < -0.3 is 19.3 Å². The average Bonchev–Trinajstić information content (AvgIpc) is 3.23. The van der Waals surface area contributed by atoms with Crippen LogP contribution in [0.15, 0.2) is 45.9 Å². The Morgan fingerprint density at radius 2 is 1.94 bits per heavy atom. The van der Waals surface area contributed by atoms with Crippen molar-refractivity contribution in [1.29, 1.82) is 0 Å². The van der Waals surface area contributed by atoms with Gasteiger partial charge in [0.25, 0.3) is 0 Å². The molecule has 0 spiro atoms. The number of carboxylic acid groups (broad SMARTS) is 1. The monoisotopic (exact) mass is 451 g/mol. The minimum Gasteiger partial charge on any atom is -0.478 e. The molecule has 4 rings (SSSR count). The standard InChI is InChI=1S/C25H29N3O3S/c1-4-18-8-9-19(25(29)30)13-24(18)32-27-22-14-20(21-15-26-31-17(21)3)16(2)12-23(22)28-10-6-5-7-11-28/h8-9,12-15,27H,4-7,10-11H2,1-3H3,(H,29,30). The van der Waals surface area contributed by atoms with E-state index in [0.29, 0.717) is 5.56 Å². The van der Waals surface area contributed by atoms with E-state index < -0.39 is 5.97 Å². The maximum Gasteiger partial charge on any atom is 0.335 e. The number of piperidine rings is 1. The number of hydrogen-bond donors (Lipinski definition) is 2. The first kappa shape index (κ1) is 22.3. The Hall–Kier alpha value is -2.93. The van der Waals surface area contributed by atoms with E-state index in [1.807, 2.05) is 13.0 Å². The van der Waals surface area contributed by atoms with Gasteiger partial charge in [-0.2, -0.15) is 0 Å². The zero-order valence-electron chi connectivity index (χ0n) is 18.8. The molecule has 0 radical (unpaired) electrons. The predicted molar refractivity (Wildman–Crippen MR) is 130 cm³/mol. The lowest BCUT2D eigenvalue weighted by atomic mass is 9.99. The van der Waals surface area contributed by atoms with E-state index >= 15 is 0 Å². The van der Waals surface area contributed by atoms with Gasteiger partial charge in [0.15, 0.2) is 0 Å². The number of anilines is 2. The van der Waals surface area contributed by atoms with E-state index in [0.717, 1.165) is 52.5 Å². The van der Waals surface area contributed by atoms with Crippen molar-refractivity contribution >= 4 is 29.3 Å². The molecular weight excluding hydrogens is 422 g/mol. The van der Waals surface area contributed by atoms with Gasteiger partial charge in [-0.3, -0.25) is 0 Å². The number of rotatable bonds is 7. The van der Waals surface area contributed by atoms with Crippen molar-refractivity contribution in [3.63, 3.8) is 0 Å². The minimum absolute atomic E-state index is 0.299. The number of aromatic nitrogens is 1. The Labute approximate surface area is 193 Å². The van der Waals surface area contributed by atoms with Crippen LogP contribution in [0.25, 0.3) is 11.1 Å². The van der Waals surface area contributed by atoms with Crippen LogP contribution in [-0.4, -0.2) is 29.3 Å². The normalized spacial score (nSPS) is 13.9. The van der Waals surface area contributed by atoms with Crippen molar-refractivity contribution in [3.8, 4) is 11.1 Å². The fourth-order valence-electron chi connectivity index (χ4n) is 4.20. The lowest BCUT2D eigenvalue weighted by Crippen LogP contribution is -2.30. The smallest absolute Gasteiger partial charge is 0.335 e. The van der Waals surface area contributed by atoms with E-state index in [1.165, 1.54) is 42.5 Å². The number of carboxylic acids is 1. The summed E-state index contributed by atoms with van der Waals surface area (Å²) in [6.07, 6.45) is 6.26. The maximum absolute atomic E-state index is 11.5. The summed E-state index contributed by atoms with van der Waals surface area (Å²) in [5.41, 5.74) is 6.86. The molecule has 0 bridgehead atoms. The highest BCUT2D eigenvalue weighted by molar-refractivity contribution is 8.00. The molecule has 1 fully saturated rings. The van der Waals surface area contributed by atoms with E-state index in [4.69, 9.17) is 4.52 Å². The number of carbonyl (C=O) groups is 1. The number of nitrogens with one attached hydrogen (secondary N) is 1. The summed E-state index contributed by atoms with van der Waals surface area (Å²) in [5.74, 6) is -0.121. The van der Waals surface area contributed by atoms with Gasteiger partial charge in [-0.05, 0) is 92.4 Å². The van der Waals surface area contributed by atoms with Crippen LogP contribution in [0.3, 0.4) is 0 Å². The first-order valence-electron chi connectivity index (χ1n) is 11.1. The van der Waals surface area contributed by atoms with Crippen molar-refractivity contribution in [3.05, 3.63) is 59.0 Å². The molecule has 2 N–H and O–H groups in total. The summed E-state index contributed by atoms with van der Waals surface area (Å²) in [4.78, 5) is 14.9. The van der Waals surface area contributed by atoms with E-state index in [1.54, 1.807) is 18.3 Å². The van der Waals surface area contributed by atoms with Crippen LogP contribution >= 0.6 is 11.9 Å². The van der Waals surface area contributed by atoms with Crippen LogP contribution in [0.4, 0.5) is 11.4 Å². The third-order valence-electron chi connectivity index (χ3n) is 6.05. The Morgan fingerprint density at radius 3 is 2.59 bits per heavy atom. The summed E-state index contributed by atoms with van der Waals surface area (Å²) < 4.78 is 8.86. The Morgan fingerprint density at radius 1 is 1.16 bits per heavy atom. The number of nitrogens with zero attached hydrogens (tertiary/aromatic N) is 2. The second-order valence-corrected chi connectivity index (χ2v) is 9.06. The molecule has 6 nitrogen and oxygen atoms in total. The molecule has 0 unspecified atom stereocenters. The minimum atomic E-state index is -0.913. The molecule has 7 heteroatoms. The topological polar surface area (TPSA) is 78.6 Å². The zero-order chi connectivity index (χ0) is 22.7. The van der Waals surface area contributed by atoms with Crippen LogP contribution in [0.2, 0.25) is 0 Å². The van der Waals surface area contributed by atoms with Gasteiger partial charge in [0.05, 0.1) is 23.1 Å². The average molecular weight is 452 g/mol. The molecule has 1 aromatic heterocycles. The summed E-state index contributed by atoms with van der Waals surface area (Å²) >= 11 is 1.47. The van der Waals surface area contributed by atoms with Gasteiger partial charge in [0.2, 0.25) is 0 Å². The molecule has 2 heterocycles. The largest absolute Gasteiger partial charge is 0.478 e. The molecule has 2 aromatic carbocycles. The lowest BCUT2D eigenvalue weighted by Gasteiger charge is -2.31. The molecular formula is C25H29N3O3S. The first-order chi connectivity index (χ1) is 15.5. The van der Waals surface area contributed by atoms with Crippen LogP contribution in [0.5, 0.6) is 0 Å². The third-order valence-corrected chi connectivity index (χ3v) is 6.97. The zero-order valence-corrected chi connectivity index (χ0v) is 19.6. The Bertz CT molecular complexity index is 1120. The summed E-state index contributed by atoms with van der Waals surface area (Å²) in [6.45, 7) is 8.21. The second-order valence-electron chi connectivity index (χ2n) is 8.21. The highest BCUT2D eigenvalue weighted by atomic mass is 32.2. The van der Waals surface area contributed by atoms with Crippen LogP contribution in [0, 0.1) is 13.8 Å². The lowest BCUT2D eigenvalue weighted by molar-refractivity contribution is 0.0696. The molecule has 0 amide bonds. The third kappa shape index (κ3) is 4.63. The fraction of sp³-hybridized carbons (Fsp3) is 0.360. The quantitative estimate of drug-likeness (QED) is 0.406. The van der Waals surface area contributed by atoms with Crippen molar-refractivity contribution in [2.75, 3.05) is 22.7 Å². The Kier molecular flexibility index (Phi) is 6.74. The molecule has 0 atom stereocenters. The highest BCUT2D eigenvalue weighted by Gasteiger charge is 2.19. The highest BCUT2D eigenvalue weighted by Crippen LogP contribution is 2.39. The van der Waals surface area contributed by atoms with Gasteiger partial charge in [-0.15, -0.1) is 0 Å². The van der Waals surface area contributed by atoms with Gasteiger partial charge in [0.1, 0.15) is 5.76 Å². The molecule has 3 aromatic rings. The van der Waals surface area contributed by atoms with E-state index in [9.17, 15) is 9.90 Å². The summed E-state index contributed by atoms with van der Waals surface area (Å²) in [6, 6.07) is 9.73. The molecule has 1 aliphatic heterocycles. The van der Waals surface area contributed by atoms with Crippen molar-refractivity contribution in [2.24, 2.45) is 0 Å². The number of hydrogen-bond acceptors (Lipinski definition) is 6. The number of benzene rings is 2. The summed E-state index contributed by atoms with van der Waals surface area (Å²) in [5, 5.41) is 13.4. The second kappa shape index (κ2) is 9.69. The number of aryl methyl sites for hydroxylation is 3. The molecule has 168 valence electrons. The van der Waals surface area contributed by atoms with Crippen LogP contribution in [0.1, 0.15) is 53.4 Å². The Balaban J connectivity index is 1.72. The van der Waals surface area contributed by atoms with Gasteiger partial charge in [-0.1, -0.05) is 18.1 Å². The van der Waals surface area contributed by atoms with Gasteiger partial charge in [0, 0.05) is 23.5 Å². The van der Waals surface area contributed by atoms with Crippen molar-refractivity contribution in [2.45, 2.75) is 51.3 Å². The first-order valence-corrected chi connectivity index (χ1v) is 11.9. The van der Waals surface area contributed by atoms with Crippen molar-refractivity contribution < 1.29 is 14.4 Å². The summed E-state index contributed by atoms with van der Waals surface area (Å²) in [7, 11) is 0. The maximum atomic E-state index is 11.5. The molecule has 1 aliphatic rings. The van der Waals surface area contributed by atoms with Crippen molar-refractivity contribution in [1.82, 2.24) is 5.16 Å². The van der Waals surface area contributed by atoms with Gasteiger partial charge >= 0.3 is 5.97 Å². The SMILES string of the molecule is CCc1ccc(C(=O)O)cc1SNc1cc(-c2cnoc2C)c(C)cc1N1CCCCC1. The van der Waals surface area contributed by atoms with E-state index in [2.05, 4.69) is 40.8 Å². The molecule has 0 saturated carbocycles. The molecule has 0 aliphatic carbocycles. The van der Waals surface area contributed by atoms with Crippen LogP contribution in [-0.2, 0) is 6.42 Å².